The summed E-state index contributed by atoms with van der Waals surface area (Å²) in [5.74, 6) is -0.555. The van der Waals surface area contributed by atoms with E-state index in [1.165, 1.54) is 6.07 Å². The first-order valence-corrected chi connectivity index (χ1v) is 6.56. The predicted octanol–water partition coefficient (Wildman–Crippen LogP) is 3.91. The van der Waals surface area contributed by atoms with Gasteiger partial charge in [0.05, 0.1) is 11.0 Å². The highest BCUT2D eigenvalue weighted by atomic mass is 35.5. The molecule has 0 spiro atoms. The van der Waals surface area contributed by atoms with Gasteiger partial charge in [-0.1, -0.05) is 13.8 Å². The van der Waals surface area contributed by atoms with Crippen LogP contribution in [0.1, 0.15) is 26.7 Å². The van der Waals surface area contributed by atoms with E-state index in [1.54, 1.807) is 0 Å². The second-order valence-electron chi connectivity index (χ2n) is 5.04. The number of rotatable bonds is 4. The van der Waals surface area contributed by atoms with Gasteiger partial charge in [-0.15, -0.1) is 11.6 Å². The van der Waals surface area contributed by atoms with Crippen molar-refractivity contribution in [2.24, 2.45) is 5.41 Å². The minimum Gasteiger partial charge on any atom is -0.483 e. The van der Waals surface area contributed by atoms with Gasteiger partial charge in [0.2, 0.25) is 0 Å². The van der Waals surface area contributed by atoms with Crippen LogP contribution in [0.4, 0.5) is 10.1 Å². The fourth-order valence-electron chi connectivity index (χ4n) is 2.29. The Morgan fingerprint density at radius 2 is 2.32 bits per heavy atom. The minimum atomic E-state index is -0.652. The summed E-state index contributed by atoms with van der Waals surface area (Å²) in [7, 11) is 0. The second kappa shape index (κ2) is 4.96. The zero-order valence-electron chi connectivity index (χ0n) is 10.7. The summed E-state index contributed by atoms with van der Waals surface area (Å²) < 4.78 is 18.7. The van der Waals surface area contributed by atoms with Gasteiger partial charge in [0.15, 0.2) is 5.75 Å². The molecule has 0 aromatic heterocycles. The quantitative estimate of drug-likeness (QED) is 0.479. The summed E-state index contributed by atoms with van der Waals surface area (Å²) in [5.41, 5.74) is -0.555. The van der Waals surface area contributed by atoms with Gasteiger partial charge in [0.1, 0.15) is 11.9 Å². The van der Waals surface area contributed by atoms with E-state index in [1.807, 2.05) is 13.8 Å². The van der Waals surface area contributed by atoms with Gasteiger partial charge < -0.3 is 4.74 Å². The van der Waals surface area contributed by atoms with E-state index in [-0.39, 0.29) is 28.3 Å². The van der Waals surface area contributed by atoms with Crippen LogP contribution in [0.5, 0.6) is 5.75 Å². The zero-order chi connectivity index (χ0) is 14.2. The topological polar surface area (TPSA) is 52.4 Å². The normalized spacial score (nSPS) is 29.7. The van der Waals surface area contributed by atoms with Gasteiger partial charge in [-0.3, -0.25) is 10.1 Å². The van der Waals surface area contributed by atoms with E-state index in [4.69, 9.17) is 16.3 Å². The molecular formula is C13H15ClFNO3. The molecule has 0 bridgehead atoms. The first-order chi connectivity index (χ1) is 8.88. The molecule has 1 aliphatic carbocycles. The highest BCUT2D eigenvalue weighted by molar-refractivity contribution is 6.21. The van der Waals surface area contributed by atoms with Crippen LogP contribution in [0.15, 0.2) is 18.2 Å². The molecule has 2 rings (SSSR count). The van der Waals surface area contributed by atoms with Crippen molar-refractivity contribution >= 4 is 17.3 Å². The molecule has 1 saturated carbocycles. The minimum absolute atomic E-state index is 0.00186. The number of benzene rings is 1. The molecule has 0 heterocycles. The van der Waals surface area contributed by atoms with E-state index < -0.39 is 10.7 Å². The molecule has 3 atom stereocenters. The maximum absolute atomic E-state index is 13.0. The molecule has 0 N–H and O–H groups in total. The lowest BCUT2D eigenvalue weighted by Gasteiger charge is -2.50. The van der Waals surface area contributed by atoms with Gasteiger partial charge in [0.25, 0.3) is 0 Å². The number of alkyl halides is 1. The van der Waals surface area contributed by atoms with Gasteiger partial charge in [0, 0.05) is 17.2 Å². The number of hydrogen-bond donors (Lipinski definition) is 0. The van der Waals surface area contributed by atoms with E-state index in [9.17, 15) is 14.5 Å². The van der Waals surface area contributed by atoms with Crippen molar-refractivity contribution in [2.75, 3.05) is 0 Å². The molecule has 0 amide bonds. The Morgan fingerprint density at radius 3 is 2.84 bits per heavy atom. The van der Waals surface area contributed by atoms with Crippen molar-refractivity contribution in [2.45, 2.75) is 38.2 Å². The Morgan fingerprint density at radius 1 is 1.63 bits per heavy atom. The largest absolute Gasteiger partial charge is 0.483 e. The molecule has 1 aromatic carbocycles. The number of halogens is 2. The molecule has 104 valence electrons. The summed E-state index contributed by atoms with van der Waals surface area (Å²) >= 11 is 6.17. The molecule has 6 heteroatoms. The number of nitro groups is 1. The lowest BCUT2D eigenvalue weighted by atomic mass is 9.65. The average molecular weight is 288 g/mol. The molecule has 19 heavy (non-hydrogen) atoms. The Labute approximate surface area is 115 Å². The number of nitro benzene ring substituents is 1. The summed E-state index contributed by atoms with van der Waals surface area (Å²) in [6.45, 7) is 4.00. The molecule has 0 radical (unpaired) electrons. The van der Waals surface area contributed by atoms with Crippen LogP contribution in [0, 0.1) is 21.3 Å². The lowest BCUT2D eigenvalue weighted by Crippen LogP contribution is -2.55. The Bertz CT molecular complexity index is 511. The van der Waals surface area contributed by atoms with Crippen LogP contribution in [0.3, 0.4) is 0 Å². The molecule has 0 aliphatic heterocycles. The first kappa shape index (κ1) is 14.1. The molecule has 1 fully saturated rings. The number of nitrogens with zero attached hydrogens (tertiary/aromatic N) is 1. The second-order valence-corrected chi connectivity index (χ2v) is 5.57. The first-order valence-electron chi connectivity index (χ1n) is 6.13. The fourth-order valence-corrected chi connectivity index (χ4v) is 2.74. The van der Waals surface area contributed by atoms with E-state index >= 15 is 0 Å². The van der Waals surface area contributed by atoms with Crippen LogP contribution in [0.2, 0.25) is 0 Å². The SMILES string of the molecule is CCC1(C)C(Cl)CC1Oc1ccc(F)cc1[N+](=O)[O-]. The lowest BCUT2D eigenvalue weighted by molar-refractivity contribution is -0.386. The number of ether oxygens (including phenoxy) is 1. The van der Waals surface area contributed by atoms with Crippen molar-refractivity contribution in [1.82, 2.24) is 0 Å². The van der Waals surface area contributed by atoms with Crippen LogP contribution in [-0.2, 0) is 0 Å². The Balaban J connectivity index is 2.23. The van der Waals surface area contributed by atoms with E-state index in [0.717, 1.165) is 18.6 Å². The zero-order valence-corrected chi connectivity index (χ0v) is 11.5. The van der Waals surface area contributed by atoms with Gasteiger partial charge in [-0.25, -0.2) is 4.39 Å². The van der Waals surface area contributed by atoms with E-state index in [0.29, 0.717) is 6.42 Å². The summed E-state index contributed by atoms with van der Waals surface area (Å²) in [5, 5.41) is 10.9. The fraction of sp³-hybridized carbons (Fsp3) is 0.538. The van der Waals surface area contributed by atoms with Gasteiger partial charge >= 0.3 is 5.69 Å². The van der Waals surface area contributed by atoms with E-state index in [2.05, 4.69) is 0 Å². The predicted molar refractivity (Wildman–Crippen MR) is 70.1 cm³/mol. The third kappa shape index (κ3) is 2.39. The summed E-state index contributed by atoms with van der Waals surface area (Å²) in [4.78, 5) is 10.2. The van der Waals surface area contributed by atoms with Crippen molar-refractivity contribution in [3.05, 3.63) is 34.1 Å². The van der Waals surface area contributed by atoms with Crippen LogP contribution in [0.25, 0.3) is 0 Å². The standard InChI is InChI=1S/C13H15ClFNO3/c1-3-13(2)11(14)7-12(13)19-10-5-4-8(15)6-9(10)16(17)18/h4-6,11-12H,3,7H2,1-2H3. The Kier molecular flexibility index (Phi) is 3.67. The summed E-state index contributed by atoms with van der Waals surface area (Å²) in [6.07, 6.45) is 1.28. The van der Waals surface area contributed by atoms with Crippen molar-refractivity contribution in [3.63, 3.8) is 0 Å². The third-order valence-electron chi connectivity index (χ3n) is 4.02. The van der Waals surface area contributed by atoms with Crippen LogP contribution >= 0.6 is 11.6 Å². The van der Waals surface area contributed by atoms with Crippen molar-refractivity contribution in [3.8, 4) is 5.75 Å². The monoisotopic (exact) mass is 287 g/mol. The maximum atomic E-state index is 13.0. The summed E-state index contributed by atoms with van der Waals surface area (Å²) in [6, 6.07) is 3.32. The Hall–Kier alpha value is -1.36. The smallest absolute Gasteiger partial charge is 0.313 e. The van der Waals surface area contributed by atoms with Crippen LogP contribution in [-0.4, -0.2) is 16.4 Å². The highest BCUT2D eigenvalue weighted by Gasteiger charge is 2.51. The molecule has 3 unspecified atom stereocenters. The number of hydrogen-bond acceptors (Lipinski definition) is 3. The molecule has 4 nitrogen and oxygen atoms in total. The van der Waals surface area contributed by atoms with Gasteiger partial charge in [-0.2, -0.15) is 0 Å². The van der Waals surface area contributed by atoms with Crippen molar-refractivity contribution < 1.29 is 14.1 Å². The maximum Gasteiger partial charge on any atom is 0.313 e. The highest BCUT2D eigenvalue weighted by Crippen LogP contribution is 2.49. The molecule has 1 aromatic rings. The average Bonchev–Trinajstić information content (AvgIpc) is 2.38. The third-order valence-corrected chi connectivity index (χ3v) is 4.70. The molecule has 0 saturated heterocycles. The van der Waals surface area contributed by atoms with Crippen molar-refractivity contribution in [1.29, 1.82) is 0 Å². The molecule has 1 aliphatic rings. The molecular weight excluding hydrogens is 273 g/mol. The van der Waals surface area contributed by atoms with Gasteiger partial charge in [-0.05, 0) is 18.6 Å². The van der Waals surface area contributed by atoms with Crippen LogP contribution < -0.4 is 4.74 Å².